The number of anilines is 1. The zero-order valence-corrected chi connectivity index (χ0v) is 6.89. The summed E-state index contributed by atoms with van der Waals surface area (Å²) in [7, 11) is 0. The largest absolute Gasteiger partial charge is 0.508 e. The quantitative estimate of drug-likeness (QED) is 0.475. The number of aryl methyl sites for hydroxylation is 2. The molecule has 0 atom stereocenters. The first-order valence-electron chi connectivity index (χ1n) is 3.73. The second-order valence-electron chi connectivity index (χ2n) is 2.69. The Hall–Kier alpha value is -1.18. The van der Waals surface area contributed by atoms with Gasteiger partial charge in [-0.25, -0.2) is 0 Å². The summed E-state index contributed by atoms with van der Waals surface area (Å²) in [6, 6.07) is 3.53. The van der Waals surface area contributed by atoms with E-state index in [-0.39, 0.29) is 0 Å². The maximum Gasteiger partial charge on any atom is 0.119 e. The van der Waals surface area contributed by atoms with Gasteiger partial charge in [0.05, 0.1) is 0 Å². The second kappa shape index (κ2) is 2.82. The highest BCUT2D eigenvalue weighted by Crippen LogP contribution is 2.23. The van der Waals surface area contributed by atoms with Gasteiger partial charge in [0.25, 0.3) is 0 Å². The molecule has 2 nitrogen and oxygen atoms in total. The molecule has 0 fully saturated rings. The third-order valence-electron chi connectivity index (χ3n) is 1.85. The number of nitrogen functional groups attached to an aromatic ring is 1. The van der Waals surface area contributed by atoms with Crippen LogP contribution in [0.5, 0.6) is 5.75 Å². The van der Waals surface area contributed by atoms with Gasteiger partial charge in [-0.15, -0.1) is 0 Å². The van der Waals surface area contributed by atoms with Gasteiger partial charge in [-0.05, 0) is 36.6 Å². The second-order valence-corrected chi connectivity index (χ2v) is 2.69. The van der Waals surface area contributed by atoms with E-state index in [1.165, 1.54) is 0 Å². The summed E-state index contributed by atoms with van der Waals surface area (Å²) in [6.45, 7) is 3.87. The van der Waals surface area contributed by atoms with Crippen LogP contribution in [0.3, 0.4) is 0 Å². The van der Waals surface area contributed by atoms with Crippen LogP contribution in [0, 0.1) is 6.92 Å². The fourth-order valence-electron chi connectivity index (χ4n) is 1.04. The summed E-state index contributed by atoms with van der Waals surface area (Å²) in [5, 5.41) is 9.36. The lowest BCUT2D eigenvalue weighted by molar-refractivity contribution is 0.468. The van der Waals surface area contributed by atoms with E-state index < -0.39 is 0 Å². The maximum atomic E-state index is 9.36. The van der Waals surface area contributed by atoms with Crippen molar-refractivity contribution in [2.24, 2.45) is 0 Å². The lowest BCUT2D eigenvalue weighted by Crippen LogP contribution is -1.92. The van der Waals surface area contributed by atoms with Crippen LogP contribution in [-0.4, -0.2) is 5.11 Å². The van der Waals surface area contributed by atoms with Crippen LogP contribution in [0.2, 0.25) is 0 Å². The van der Waals surface area contributed by atoms with Crippen molar-refractivity contribution in [3.05, 3.63) is 23.3 Å². The molecule has 1 rings (SSSR count). The third kappa shape index (κ3) is 1.45. The topological polar surface area (TPSA) is 46.2 Å². The first kappa shape index (κ1) is 7.92. The number of rotatable bonds is 1. The Morgan fingerprint density at radius 3 is 2.64 bits per heavy atom. The Morgan fingerprint density at radius 2 is 2.09 bits per heavy atom. The molecule has 60 valence electrons. The van der Waals surface area contributed by atoms with Gasteiger partial charge < -0.3 is 10.8 Å². The molecule has 1 aromatic rings. The van der Waals surface area contributed by atoms with E-state index in [0.29, 0.717) is 5.75 Å². The van der Waals surface area contributed by atoms with Crippen molar-refractivity contribution in [1.29, 1.82) is 0 Å². The molecule has 11 heavy (non-hydrogen) atoms. The van der Waals surface area contributed by atoms with E-state index in [1.807, 2.05) is 19.9 Å². The average molecular weight is 151 g/mol. The van der Waals surface area contributed by atoms with Crippen LogP contribution >= 0.6 is 0 Å². The van der Waals surface area contributed by atoms with E-state index in [1.54, 1.807) is 6.07 Å². The molecule has 0 amide bonds. The number of phenols is 1. The van der Waals surface area contributed by atoms with E-state index in [9.17, 15) is 5.11 Å². The zero-order valence-electron chi connectivity index (χ0n) is 6.89. The van der Waals surface area contributed by atoms with Crippen LogP contribution in [0.25, 0.3) is 0 Å². The zero-order chi connectivity index (χ0) is 8.43. The van der Waals surface area contributed by atoms with Crippen molar-refractivity contribution in [2.75, 3.05) is 5.73 Å². The van der Waals surface area contributed by atoms with Crippen molar-refractivity contribution in [2.45, 2.75) is 20.3 Å². The molecule has 0 radical (unpaired) electrons. The van der Waals surface area contributed by atoms with Gasteiger partial charge in [0.2, 0.25) is 0 Å². The smallest absolute Gasteiger partial charge is 0.119 e. The normalized spacial score (nSPS) is 10.0. The van der Waals surface area contributed by atoms with Gasteiger partial charge in [0, 0.05) is 5.69 Å². The SMILES string of the molecule is CCc1cc(N)c(C)cc1O. The number of aromatic hydroxyl groups is 1. The molecule has 0 aliphatic carbocycles. The highest BCUT2D eigenvalue weighted by atomic mass is 16.3. The molecule has 0 spiro atoms. The molecule has 0 bridgehead atoms. The highest BCUT2D eigenvalue weighted by molar-refractivity contribution is 5.53. The van der Waals surface area contributed by atoms with Crippen LogP contribution in [-0.2, 0) is 6.42 Å². The summed E-state index contributed by atoms with van der Waals surface area (Å²) in [5.41, 5.74) is 8.24. The first-order chi connectivity index (χ1) is 5.15. The van der Waals surface area contributed by atoms with Crippen molar-refractivity contribution >= 4 is 5.69 Å². The number of nitrogens with two attached hydrogens (primary N) is 1. The summed E-state index contributed by atoms with van der Waals surface area (Å²) < 4.78 is 0. The Balaban J connectivity index is 3.21. The summed E-state index contributed by atoms with van der Waals surface area (Å²) >= 11 is 0. The van der Waals surface area contributed by atoms with E-state index in [4.69, 9.17) is 5.73 Å². The lowest BCUT2D eigenvalue weighted by Gasteiger charge is -2.05. The van der Waals surface area contributed by atoms with Crippen molar-refractivity contribution < 1.29 is 5.11 Å². The molecule has 0 heterocycles. The predicted molar refractivity (Wildman–Crippen MR) is 46.6 cm³/mol. The molecule has 0 aliphatic rings. The Labute approximate surface area is 66.7 Å². The number of hydrogen-bond acceptors (Lipinski definition) is 2. The Morgan fingerprint density at radius 1 is 1.45 bits per heavy atom. The van der Waals surface area contributed by atoms with Crippen molar-refractivity contribution in [1.82, 2.24) is 0 Å². The number of benzene rings is 1. The van der Waals surface area contributed by atoms with Gasteiger partial charge in [0.15, 0.2) is 0 Å². The number of hydrogen-bond donors (Lipinski definition) is 2. The van der Waals surface area contributed by atoms with Crippen molar-refractivity contribution in [3.63, 3.8) is 0 Å². The monoisotopic (exact) mass is 151 g/mol. The van der Waals surface area contributed by atoms with Gasteiger partial charge in [-0.3, -0.25) is 0 Å². The van der Waals surface area contributed by atoms with E-state index in [2.05, 4.69) is 0 Å². The van der Waals surface area contributed by atoms with Gasteiger partial charge in [-0.2, -0.15) is 0 Å². The molecular formula is C9H13NO. The number of phenolic OH excluding ortho intramolecular Hbond substituents is 1. The van der Waals surface area contributed by atoms with Crippen LogP contribution in [0.1, 0.15) is 18.1 Å². The maximum absolute atomic E-state index is 9.36. The van der Waals surface area contributed by atoms with Crippen LogP contribution in [0.4, 0.5) is 5.69 Å². The molecular weight excluding hydrogens is 138 g/mol. The fraction of sp³-hybridized carbons (Fsp3) is 0.333. The fourth-order valence-corrected chi connectivity index (χ4v) is 1.04. The van der Waals surface area contributed by atoms with Gasteiger partial charge in [-0.1, -0.05) is 6.92 Å². The van der Waals surface area contributed by atoms with Crippen molar-refractivity contribution in [3.8, 4) is 5.75 Å². The average Bonchev–Trinajstić information content (AvgIpc) is 1.97. The minimum Gasteiger partial charge on any atom is -0.508 e. The molecule has 0 aromatic heterocycles. The summed E-state index contributed by atoms with van der Waals surface area (Å²) in [5.74, 6) is 0.346. The van der Waals surface area contributed by atoms with E-state index >= 15 is 0 Å². The lowest BCUT2D eigenvalue weighted by atomic mass is 10.1. The molecule has 3 N–H and O–H groups in total. The minimum absolute atomic E-state index is 0.346. The molecule has 0 saturated carbocycles. The molecule has 2 heteroatoms. The Kier molecular flexibility index (Phi) is 2.03. The Bertz CT molecular complexity index is 269. The summed E-state index contributed by atoms with van der Waals surface area (Å²) in [4.78, 5) is 0. The van der Waals surface area contributed by atoms with Gasteiger partial charge in [0.1, 0.15) is 5.75 Å². The van der Waals surface area contributed by atoms with Crippen LogP contribution in [0.15, 0.2) is 12.1 Å². The standard InChI is InChI=1S/C9H13NO/c1-3-7-5-8(10)6(2)4-9(7)11/h4-5,11H,3,10H2,1-2H3. The first-order valence-corrected chi connectivity index (χ1v) is 3.73. The van der Waals surface area contributed by atoms with Crippen LogP contribution < -0.4 is 5.73 Å². The molecule has 0 aliphatic heterocycles. The van der Waals surface area contributed by atoms with Gasteiger partial charge >= 0.3 is 0 Å². The molecule has 1 aromatic carbocycles. The molecule has 0 saturated heterocycles. The minimum atomic E-state index is 0.346. The highest BCUT2D eigenvalue weighted by Gasteiger charge is 2.01. The molecule has 0 unspecified atom stereocenters. The predicted octanol–water partition coefficient (Wildman–Crippen LogP) is 1.85. The summed E-state index contributed by atoms with van der Waals surface area (Å²) in [6.07, 6.45) is 0.816. The third-order valence-corrected chi connectivity index (χ3v) is 1.85. The van der Waals surface area contributed by atoms with E-state index in [0.717, 1.165) is 23.2 Å².